The van der Waals surface area contributed by atoms with Crippen LogP contribution in [0.2, 0.25) is 0 Å². The van der Waals surface area contributed by atoms with E-state index in [0.717, 1.165) is 55.8 Å². The second kappa shape index (κ2) is 22.3. The summed E-state index contributed by atoms with van der Waals surface area (Å²) in [5, 5.41) is 3.30. The van der Waals surface area contributed by atoms with E-state index in [4.69, 9.17) is 37.9 Å². The monoisotopic (exact) mass is 1010 g/mol. The van der Waals surface area contributed by atoms with Crippen molar-refractivity contribution in [1.82, 2.24) is 9.88 Å². The average Bonchev–Trinajstić information content (AvgIpc) is 3.77. The summed E-state index contributed by atoms with van der Waals surface area (Å²) in [5.74, 6) is 4.34. The Balaban J connectivity index is 1.23. The molecule has 0 fully saturated rings. The average molecular weight is 1020 g/mol. The van der Waals surface area contributed by atoms with Gasteiger partial charge in [-0.1, -0.05) is 119 Å². The van der Waals surface area contributed by atoms with Gasteiger partial charge in [0.2, 0.25) is 0 Å². The van der Waals surface area contributed by atoms with Crippen molar-refractivity contribution in [3.63, 3.8) is 0 Å². The number of carbonyl (C=O) groups is 1. The number of halogens is 1. The highest BCUT2D eigenvalue weighted by molar-refractivity contribution is 9.10. The molecule has 1 aliphatic rings. The number of aromatic nitrogens is 1. The first kappa shape index (κ1) is 48.2. The van der Waals surface area contributed by atoms with Crippen molar-refractivity contribution >= 4 is 21.8 Å². The molecule has 9 rings (SSSR count). The molecule has 8 aromatic rings. The van der Waals surface area contributed by atoms with Crippen LogP contribution in [-0.4, -0.2) is 52.6 Å². The Labute approximate surface area is 422 Å². The van der Waals surface area contributed by atoms with Gasteiger partial charge in [0, 0.05) is 39.8 Å². The fraction of sp³-hybridized carbons (Fsp3) is 0.203. The first-order chi connectivity index (χ1) is 34.8. The molecule has 12 heteroatoms. The number of nitrogens with zero attached hydrogens (tertiary/aromatic N) is 1. The number of methoxy groups -OCH3 is 5. The normalized spacial score (nSPS) is 11.5. The third-order valence-electron chi connectivity index (χ3n) is 12.6. The van der Waals surface area contributed by atoms with Crippen molar-refractivity contribution in [2.24, 2.45) is 0 Å². The van der Waals surface area contributed by atoms with Gasteiger partial charge in [0.05, 0.1) is 41.2 Å². The van der Waals surface area contributed by atoms with Gasteiger partial charge in [-0.25, -0.2) is 0 Å². The Morgan fingerprint density at radius 2 is 1.00 bits per heavy atom. The summed E-state index contributed by atoms with van der Waals surface area (Å²) < 4.78 is 51.4. The summed E-state index contributed by atoms with van der Waals surface area (Å²) in [6.07, 6.45) is 1.15. The molecule has 1 N–H and O–H groups in total. The van der Waals surface area contributed by atoms with Crippen LogP contribution in [0.1, 0.15) is 38.3 Å². The molecule has 0 aliphatic carbocycles. The predicted octanol–water partition coefficient (Wildman–Crippen LogP) is 12.6. The summed E-state index contributed by atoms with van der Waals surface area (Å²) >= 11 is 3.97. The van der Waals surface area contributed by atoms with Crippen molar-refractivity contribution < 1.29 is 42.7 Å². The maximum atomic E-state index is 15.4. The zero-order valence-electron chi connectivity index (χ0n) is 40.4. The summed E-state index contributed by atoms with van der Waals surface area (Å²) in [4.78, 5) is 15.4. The van der Waals surface area contributed by atoms with Crippen LogP contribution < -0.4 is 43.2 Å². The molecular weight excluding hydrogens is 961 g/mol. The number of benzene rings is 7. The lowest BCUT2D eigenvalue weighted by molar-refractivity contribution is 0.0945. The van der Waals surface area contributed by atoms with Gasteiger partial charge in [0.15, 0.2) is 46.0 Å². The van der Waals surface area contributed by atoms with Crippen LogP contribution >= 0.6 is 15.9 Å². The number of rotatable bonds is 20. The quantitative estimate of drug-likeness (QED) is 0.0798. The van der Waals surface area contributed by atoms with Gasteiger partial charge in [-0.15, -0.1) is 0 Å². The Kier molecular flexibility index (Phi) is 15.1. The van der Waals surface area contributed by atoms with E-state index >= 15 is 4.79 Å². The summed E-state index contributed by atoms with van der Waals surface area (Å²) in [7, 11) is 8.12. The summed E-state index contributed by atoms with van der Waals surface area (Å²) in [6.45, 7) is 1.84. The third-order valence-corrected chi connectivity index (χ3v) is 13.2. The first-order valence-electron chi connectivity index (χ1n) is 23.3. The number of hydrogen-bond donors (Lipinski definition) is 1. The number of fused-ring (bicyclic) bond motifs is 3. The Hall–Kier alpha value is -7.83. The molecule has 0 atom stereocenters. The Bertz CT molecular complexity index is 3140. The molecule has 71 heavy (non-hydrogen) atoms. The van der Waals surface area contributed by atoms with Gasteiger partial charge in [-0.3, -0.25) is 4.79 Å². The molecule has 0 bridgehead atoms. The smallest absolute Gasteiger partial charge is 0.268 e. The maximum Gasteiger partial charge on any atom is 0.268 e. The second-order valence-electron chi connectivity index (χ2n) is 16.9. The van der Waals surface area contributed by atoms with E-state index in [9.17, 15) is 0 Å². The largest absolute Gasteiger partial charge is 0.493 e. The van der Waals surface area contributed by atoms with Gasteiger partial charge >= 0.3 is 0 Å². The SMILES string of the molecule is COc1ccc(CCNC(=O)c2c(-c3cc(OC)c(OCc4ccccc4)cc3Br)c(-c3ccc(OC)c(OCc4ccccc4)c3)c3n2CCc2cc(OCc4ccccc4)c(OC)cc2-3)cc1OC. The number of ether oxygens (including phenoxy) is 8. The molecule has 0 unspecified atom stereocenters. The summed E-state index contributed by atoms with van der Waals surface area (Å²) in [6, 6.07) is 49.7. The molecular formula is C59H55BrN2O9. The number of aryl methyl sites for hydroxylation is 1. The number of carbonyl (C=O) groups excluding carboxylic acids is 1. The van der Waals surface area contributed by atoms with Crippen LogP contribution in [0, 0.1) is 0 Å². The van der Waals surface area contributed by atoms with Gasteiger partial charge in [0.1, 0.15) is 25.5 Å². The van der Waals surface area contributed by atoms with E-state index in [-0.39, 0.29) is 5.91 Å². The zero-order chi connectivity index (χ0) is 49.3. The number of amides is 1. The molecule has 7 aromatic carbocycles. The number of nitrogens with one attached hydrogen (secondary N) is 1. The molecule has 1 amide bonds. The second-order valence-corrected chi connectivity index (χ2v) is 17.7. The standard InChI is InChI=1S/C59H55BrN2O9/c1-64-47-23-21-38(29-49(47)66-3)25-27-61-59(63)58-56(45-33-51(68-5)54(34-46(45)60)71-37-41-19-13-8-14-20-41)55(43-22-24-48(65-2)52(31-43)69-35-39-15-9-6-10-16-39)57-44-32-50(67-4)53(30-42(44)26-28-62(57)58)70-36-40-17-11-7-12-18-40/h6-24,29-34H,25-28,35-37H2,1-5H3,(H,61,63). The van der Waals surface area contributed by atoms with Gasteiger partial charge in [-0.2, -0.15) is 0 Å². The van der Waals surface area contributed by atoms with Crippen molar-refractivity contribution in [2.45, 2.75) is 39.2 Å². The lowest BCUT2D eigenvalue weighted by Crippen LogP contribution is -2.29. The van der Waals surface area contributed by atoms with E-state index < -0.39 is 0 Å². The maximum absolute atomic E-state index is 15.4. The van der Waals surface area contributed by atoms with Crippen molar-refractivity contribution in [2.75, 3.05) is 42.1 Å². The molecule has 1 aromatic heterocycles. The van der Waals surface area contributed by atoms with Crippen LogP contribution in [0.25, 0.3) is 33.5 Å². The molecule has 0 saturated carbocycles. The zero-order valence-corrected chi connectivity index (χ0v) is 42.0. The van der Waals surface area contributed by atoms with E-state index in [1.165, 1.54) is 0 Å². The van der Waals surface area contributed by atoms with E-state index in [0.29, 0.717) is 107 Å². The van der Waals surface area contributed by atoms with Crippen molar-refractivity contribution in [3.8, 4) is 79.5 Å². The van der Waals surface area contributed by atoms with Gasteiger partial charge < -0.3 is 47.8 Å². The minimum atomic E-state index is -0.254. The van der Waals surface area contributed by atoms with Crippen molar-refractivity contribution in [3.05, 3.63) is 190 Å². The highest BCUT2D eigenvalue weighted by Gasteiger charge is 2.35. The molecule has 0 spiro atoms. The van der Waals surface area contributed by atoms with Crippen LogP contribution in [0.4, 0.5) is 0 Å². The van der Waals surface area contributed by atoms with Crippen LogP contribution in [0.15, 0.2) is 156 Å². The Morgan fingerprint density at radius 3 is 1.56 bits per heavy atom. The fourth-order valence-electron chi connectivity index (χ4n) is 9.03. The van der Waals surface area contributed by atoms with Crippen molar-refractivity contribution in [1.29, 1.82) is 0 Å². The molecule has 0 radical (unpaired) electrons. The minimum absolute atomic E-state index is 0.254. The topological polar surface area (TPSA) is 108 Å². The highest BCUT2D eigenvalue weighted by Crippen LogP contribution is 2.53. The van der Waals surface area contributed by atoms with Crippen LogP contribution in [0.5, 0.6) is 46.0 Å². The van der Waals surface area contributed by atoms with Gasteiger partial charge in [-0.05, 0) is 94.8 Å². The molecule has 1 aliphatic heterocycles. The molecule has 11 nitrogen and oxygen atoms in total. The van der Waals surface area contributed by atoms with Crippen LogP contribution in [0.3, 0.4) is 0 Å². The van der Waals surface area contributed by atoms with Gasteiger partial charge in [0.25, 0.3) is 5.91 Å². The molecule has 0 saturated heterocycles. The lowest BCUT2D eigenvalue weighted by Gasteiger charge is -2.24. The molecule has 362 valence electrons. The first-order valence-corrected chi connectivity index (χ1v) is 24.1. The summed E-state index contributed by atoms with van der Waals surface area (Å²) in [5.41, 5.74) is 10.3. The van der Waals surface area contributed by atoms with E-state index in [1.807, 2.05) is 146 Å². The fourth-order valence-corrected chi connectivity index (χ4v) is 9.55. The van der Waals surface area contributed by atoms with E-state index in [1.54, 1.807) is 35.5 Å². The lowest BCUT2D eigenvalue weighted by atomic mass is 9.89. The van der Waals surface area contributed by atoms with E-state index in [2.05, 4.69) is 31.9 Å². The predicted molar refractivity (Wildman–Crippen MR) is 280 cm³/mol. The van der Waals surface area contributed by atoms with Crippen LogP contribution in [-0.2, 0) is 39.2 Å². The Morgan fingerprint density at radius 1 is 0.507 bits per heavy atom. The third kappa shape index (κ3) is 10.5. The minimum Gasteiger partial charge on any atom is -0.493 e. The number of hydrogen-bond acceptors (Lipinski definition) is 9. The molecule has 2 heterocycles. The highest BCUT2D eigenvalue weighted by atomic mass is 79.9.